The minimum absolute atomic E-state index is 0.00274. The predicted molar refractivity (Wildman–Crippen MR) is 86.4 cm³/mol. The monoisotopic (exact) mass is 316 g/mol. The number of nitrogens with one attached hydrogen (secondary N) is 2. The van der Waals surface area contributed by atoms with Crippen molar-refractivity contribution in [1.82, 2.24) is 15.5 Å². The van der Waals surface area contributed by atoms with E-state index in [1.165, 1.54) is 25.9 Å². The quantitative estimate of drug-likeness (QED) is 0.567. The standard InChI is InChI=1S/C14H28N4O2S/c1-12-3-7-18(8-4-12)9-6-16-14(15-2)17-13-5-10-21(19,20)11-13/h12-13H,3-11H2,1-2H3,(H2,15,16,17). The number of hydrogen-bond donors (Lipinski definition) is 2. The summed E-state index contributed by atoms with van der Waals surface area (Å²) in [5.41, 5.74) is 0. The zero-order valence-corrected chi connectivity index (χ0v) is 14.0. The van der Waals surface area contributed by atoms with Crippen LogP contribution in [0.25, 0.3) is 0 Å². The number of piperidine rings is 1. The summed E-state index contributed by atoms with van der Waals surface area (Å²) < 4.78 is 22.9. The third-order valence-corrected chi connectivity index (χ3v) is 6.16. The molecular weight excluding hydrogens is 288 g/mol. The van der Waals surface area contributed by atoms with Crippen LogP contribution in [0.2, 0.25) is 0 Å². The molecule has 0 aromatic heterocycles. The van der Waals surface area contributed by atoms with Gasteiger partial charge in [-0.1, -0.05) is 6.92 Å². The van der Waals surface area contributed by atoms with Crippen molar-refractivity contribution in [2.75, 3.05) is 44.7 Å². The lowest BCUT2D eigenvalue weighted by Gasteiger charge is -2.30. The molecule has 2 rings (SSSR count). The van der Waals surface area contributed by atoms with Crippen molar-refractivity contribution in [1.29, 1.82) is 0 Å². The molecule has 6 nitrogen and oxygen atoms in total. The van der Waals surface area contributed by atoms with Crippen molar-refractivity contribution in [3.8, 4) is 0 Å². The number of hydrogen-bond acceptors (Lipinski definition) is 4. The fourth-order valence-corrected chi connectivity index (χ4v) is 4.59. The molecule has 21 heavy (non-hydrogen) atoms. The fraction of sp³-hybridized carbons (Fsp3) is 0.929. The normalized spacial score (nSPS) is 27.7. The molecule has 1 atom stereocenters. The second-order valence-electron chi connectivity index (χ2n) is 6.27. The minimum Gasteiger partial charge on any atom is -0.355 e. The topological polar surface area (TPSA) is 73.8 Å². The third kappa shape index (κ3) is 5.47. The molecule has 2 aliphatic rings. The second kappa shape index (κ2) is 7.45. The largest absolute Gasteiger partial charge is 0.355 e. The van der Waals surface area contributed by atoms with E-state index in [4.69, 9.17) is 0 Å². The summed E-state index contributed by atoms with van der Waals surface area (Å²) in [5, 5.41) is 6.49. The van der Waals surface area contributed by atoms with Crippen molar-refractivity contribution < 1.29 is 8.42 Å². The predicted octanol–water partition coefficient (Wildman–Crippen LogP) is 0.0704. The van der Waals surface area contributed by atoms with E-state index in [2.05, 4.69) is 27.4 Å². The zero-order valence-electron chi connectivity index (χ0n) is 13.1. The van der Waals surface area contributed by atoms with Crippen LogP contribution in [-0.4, -0.2) is 70.1 Å². The van der Waals surface area contributed by atoms with Crippen LogP contribution >= 0.6 is 0 Å². The van der Waals surface area contributed by atoms with Gasteiger partial charge in [-0.05, 0) is 38.3 Å². The molecule has 0 aromatic rings. The van der Waals surface area contributed by atoms with Crippen molar-refractivity contribution in [2.24, 2.45) is 10.9 Å². The average Bonchev–Trinajstić information content (AvgIpc) is 2.79. The van der Waals surface area contributed by atoms with Crippen molar-refractivity contribution in [3.05, 3.63) is 0 Å². The molecule has 2 heterocycles. The molecule has 2 fully saturated rings. The average molecular weight is 316 g/mol. The molecule has 0 saturated carbocycles. The van der Waals surface area contributed by atoms with E-state index in [1.54, 1.807) is 7.05 Å². The molecule has 0 amide bonds. The number of nitrogens with zero attached hydrogens (tertiary/aromatic N) is 2. The van der Waals surface area contributed by atoms with Crippen LogP contribution in [-0.2, 0) is 9.84 Å². The minimum atomic E-state index is -2.85. The first-order valence-electron chi connectivity index (χ1n) is 7.88. The molecule has 2 N–H and O–H groups in total. The van der Waals surface area contributed by atoms with Crippen LogP contribution in [0.3, 0.4) is 0 Å². The number of sulfone groups is 1. The van der Waals surface area contributed by atoms with E-state index in [9.17, 15) is 8.42 Å². The summed E-state index contributed by atoms with van der Waals surface area (Å²) >= 11 is 0. The van der Waals surface area contributed by atoms with Crippen LogP contribution < -0.4 is 10.6 Å². The molecule has 0 radical (unpaired) electrons. The van der Waals surface area contributed by atoms with Gasteiger partial charge in [-0.25, -0.2) is 8.42 Å². The summed E-state index contributed by atoms with van der Waals surface area (Å²) in [4.78, 5) is 6.65. The Hall–Kier alpha value is -0.820. The Labute approximate surface area is 128 Å². The number of guanidine groups is 1. The molecule has 0 bridgehead atoms. The molecule has 2 saturated heterocycles. The highest BCUT2D eigenvalue weighted by Crippen LogP contribution is 2.15. The first-order chi connectivity index (χ1) is 9.98. The lowest BCUT2D eigenvalue weighted by molar-refractivity contribution is 0.195. The Kier molecular flexibility index (Phi) is 5.87. The highest BCUT2D eigenvalue weighted by Gasteiger charge is 2.28. The van der Waals surface area contributed by atoms with Gasteiger partial charge in [0.2, 0.25) is 0 Å². The molecule has 7 heteroatoms. The van der Waals surface area contributed by atoms with E-state index >= 15 is 0 Å². The van der Waals surface area contributed by atoms with E-state index in [-0.39, 0.29) is 17.5 Å². The van der Waals surface area contributed by atoms with Gasteiger partial charge < -0.3 is 15.5 Å². The van der Waals surface area contributed by atoms with Gasteiger partial charge in [0.25, 0.3) is 0 Å². The van der Waals surface area contributed by atoms with Crippen LogP contribution in [0.5, 0.6) is 0 Å². The van der Waals surface area contributed by atoms with Crippen molar-refractivity contribution in [2.45, 2.75) is 32.2 Å². The summed E-state index contributed by atoms with van der Waals surface area (Å²) in [7, 11) is -1.12. The van der Waals surface area contributed by atoms with Crippen molar-refractivity contribution >= 4 is 15.8 Å². The Morgan fingerprint density at radius 2 is 2.00 bits per heavy atom. The maximum atomic E-state index is 11.5. The second-order valence-corrected chi connectivity index (χ2v) is 8.50. The van der Waals surface area contributed by atoms with Crippen LogP contribution in [0.4, 0.5) is 0 Å². The lowest BCUT2D eigenvalue weighted by atomic mass is 9.99. The molecule has 0 spiro atoms. The molecular formula is C14H28N4O2S. The Balaban J connectivity index is 1.66. The smallest absolute Gasteiger partial charge is 0.191 e. The number of aliphatic imine (C=N–C) groups is 1. The van der Waals surface area contributed by atoms with Gasteiger partial charge in [0.05, 0.1) is 11.5 Å². The van der Waals surface area contributed by atoms with Gasteiger partial charge in [-0.3, -0.25) is 4.99 Å². The molecule has 0 aliphatic carbocycles. The third-order valence-electron chi connectivity index (χ3n) is 4.39. The Bertz CT molecular complexity index is 456. The van der Waals surface area contributed by atoms with Gasteiger partial charge in [0.1, 0.15) is 0 Å². The Morgan fingerprint density at radius 1 is 1.29 bits per heavy atom. The molecule has 122 valence electrons. The lowest BCUT2D eigenvalue weighted by Crippen LogP contribution is -2.46. The van der Waals surface area contributed by atoms with Gasteiger partial charge in [0, 0.05) is 26.2 Å². The zero-order chi connectivity index (χ0) is 15.3. The van der Waals surface area contributed by atoms with Gasteiger partial charge >= 0.3 is 0 Å². The van der Waals surface area contributed by atoms with Crippen LogP contribution in [0.1, 0.15) is 26.2 Å². The van der Waals surface area contributed by atoms with E-state index in [1.807, 2.05) is 0 Å². The first kappa shape index (κ1) is 16.5. The van der Waals surface area contributed by atoms with E-state index in [0.717, 1.165) is 19.0 Å². The molecule has 0 aromatic carbocycles. The van der Waals surface area contributed by atoms with Gasteiger partial charge in [-0.2, -0.15) is 0 Å². The maximum absolute atomic E-state index is 11.5. The summed E-state index contributed by atoms with van der Waals surface area (Å²) in [5.74, 6) is 2.07. The SMILES string of the molecule is CN=C(NCCN1CCC(C)CC1)NC1CCS(=O)(=O)C1. The maximum Gasteiger partial charge on any atom is 0.191 e. The van der Waals surface area contributed by atoms with Gasteiger partial charge in [-0.15, -0.1) is 0 Å². The Morgan fingerprint density at radius 3 is 2.57 bits per heavy atom. The van der Waals surface area contributed by atoms with Crippen LogP contribution in [0, 0.1) is 5.92 Å². The van der Waals surface area contributed by atoms with E-state index < -0.39 is 9.84 Å². The van der Waals surface area contributed by atoms with Crippen molar-refractivity contribution in [3.63, 3.8) is 0 Å². The van der Waals surface area contributed by atoms with Gasteiger partial charge in [0.15, 0.2) is 15.8 Å². The number of rotatable bonds is 4. The highest BCUT2D eigenvalue weighted by atomic mass is 32.2. The summed E-state index contributed by atoms with van der Waals surface area (Å²) in [6.45, 7) is 6.52. The van der Waals surface area contributed by atoms with Crippen LogP contribution in [0.15, 0.2) is 4.99 Å². The fourth-order valence-electron chi connectivity index (χ4n) is 2.91. The summed E-state index contributed by atoms with van der Waals surface area (Å²) in [6, 6.07) is -0.00274. The summed E-state index contributed by atoms with van der Waals surface area (Å²) in [6.07, 6.45) is 3.24. The molecule has 2 aliphatic heterocycles. The number of likely N-dealkylation sites (tertiary alicyclic amines) is 1. The first-order valence-corrected chi connectivity index (χ1v) is 9.70. The molecule has 1 unspecified atom stereocenters. The van der Waals surface area contributed by atoms with E-state index in [0.29, 0.717) is 12.4 Å². The highest BCUT2D eigenvalue weighted by molar-refractivity contribution is 7.91.